The van der Waals surface area contributed by atoms with Crippen LogP contribution in [0, 0.1) is 11.8 Å². The summed E-state index contributed by atoms with van der Waals surface area (Å²) in [5.41, 5.74) is 5.88. The van der Waals surface area contributed by atoms with E-state index >= 15 is 0 Å². The van der Waals surface area contributed by atoms with Crippen molar-refractivity contribution in [1.82, 2.24) is 10.9 Å². The molecule has 14 heavy (non-hydrogen) atoms. The topological polar surface area (TPSA) is 60.3 Å². The number of carbonyl (C=O) groups is 2. The molecule has 1 radical (unpaired) electrons. The molecule has 0 aliphatic heterocycles. The minimum Gasteiger partial charge on any atom is -0.273 e. The molecule has 1 aliphatic rings. The average molecular weight is 197 g/mol. The van der Waals surface area contributed by atoms with Crippen LogP contribution < -0.4 is 10.9 Å². The van der Waals surface area contributed by atoms with Gasteiger partial charge in [-0.05, 0) is 12.8 Å². The molecule has 0 aromatic carbocycles. The lowest BCUT2D eigenvalue weighted by Crippen LogP contribution is -2.40. The van der Waals surface area contributed by atoms with Crippen LogP contribution in [0.1, 0.15) is 39.5 Å². The van der Waals surface area contributed by atoms with E-state index in [9.17, 15) is 9.59 Å². The van der Waals surface area contributed by atoms with Gasteiger partial charge in [0.2, 0.25) is 5.91 Å². The average Bonchev–Trinajstić information content (AvgIpc) is 2.66. The van der Waals surface area contributed by atoms with Gasteiger partial charge >= 0.3 is 0 Å². The molecule has 0 bridgehead atoms. The third-order valence-corrected chi connectivity index (χ3v) is 2.51. The fraction of sp³-hybridized carbons (Fsp3) is 0.800. The van der Waals surface area contributed by atoms with Gasteiger partial charge < -0.3 is 0 Å². The maximum Gasteiger partial charge on any atom is 0.265 e. The molecule has 79 valence electrons. The van der Waals surface area contributed by atoms with Crippen LogP contribution in [-0.4, -0.2) is 11.8 Å². The first-order valence-electron chi connectivity index (χ1n) is 5.15. The van der Waals surface area contributed by atoms with E-state index in [0.717, 1.165) is 25.7 Å². The van der Waals surface area contributed by atoms with Crippen LogP contribution in [0.2, 0.25) is 0 Å². The fourth-order valence-corrected chi connectivity index (χ4v) is 1.50. The van der Waals surface area contributed by atoms with Crippen LogP contribution in [0.3, 0.4) is 0 Å². The van der Waals surface area contributed by atoms with Crippen LogP contribution in [0.4, 0.5) is 0 Å². The van der Waals surface area contributed by atoms with Gasteiger partial charge in [-0.15, -0.1) is 5.43 Å². The number of amides is 2. The lowest BCUT2D eigenvalue weighted by Gasteiger charge is -2.09. The van der Waals surface area contributed by atoms with Crippen molar-refractivity contribution in [2.24, 2.45) is 11.8 Å². The quantitative estimate of drug-likeness (QED) is 0.671. The molecule has 4 nitrogen and oxygen atoms in total. The maximum atomic E-state index is 11.4. The number of nitrogens with one attached hydrogen (secondary N) is 1. The first-order valence-corrected chi connectivity index (χ1v) is 5.15. The number of rotatable bonds is 2. The second kappa shape index (κ2) is 4.98. The Morgan fingerprint density at radius 3 is 2.36 bits per heavy atom. The molecule has 0 unspecified atom stereocenters. The van der Waals surface area contributed by atoms with Crippen LogP contribution >= 0.6 is 0 Å². The van der Waals surface area contributed by atoms with Crippen LogP contribution in [0.15, 0.2) is 0 Å². The second-order valence-corrected chi connectivity index (χ2v) is 4.06. The molecule has 4 heteroatoms. The summed E-state index contributed by atoms with van der Waals surface area (Å²) in [7, 11) is 0. The normalized spacial score (nSPS) is 17.1. The molecule has 0 atom stereocenters. The molecular formula is C10H17N2O2. The van der Waals surface area contributed by atoms with E-state index in [1.165, 1.54) is 0 Å². The Labute approximate surface area is 84.4 Å². The zero-order valence-corrected chi connectivity index (χ0v) is 8.75. The lowest BCUT2D eigenvalue weighted by atomic mass is 10.1. The van der Waals surface area contributed by atoms with E-state index in [1.807, 2.05) is 0 Å². The lowest BCUT2D eigenvalue weighted by molar-refractivity contribution is -0.132. The van der Waals surface area contributed by atoms with Crippen molar-refractivity contribution in [3.05, 3.63) is 0 Å². The summed E-state index contributed by atoms with van der Waals surface area (Å²) in [6.45, 7) is 3.54. The zero-order valence-electron chi connectivity index (χ0n) is 8.75. The number of hydrogen-bond acceptors (Lipinski definition) is 2. The van der Waals surface area contributed by atoms with Gasteiger partial charge in [0.15, 0.2) is 0 Å². The Morgan fingerprint density at radius 1 is 1.29 bits per heavy atom. The summed E-state index contributed by atoms with van der Waals surface area (Å²) >= 11 is 0. The highest BCUT2D eigenvalue weighted by Crippen LogP contribution is 2.24. The Hall–Kier alpha value is -1.06. The van der Waals surface area contributed by atoms with Crippen molar-refractivity contribution in [2.45, 2.75) is 39.5 Å². The van der Waals surface area contributed by atoms with Crippen molar-refractivity contribution < 1.29 is 9.59 Å². The van der Waals surface area contributed by atoms with Crippen molar-refractivity contribution in [1.29, 1.82) is 0 Å². The molecule has 0 aromatic heterocycles. The number of carbonyl (C=O) groups excluding carboxylic acids is 2. The molecule has 0 spiro atoms. The van der Waals surface area contributed by atoms with Gasteiger partial charge in [0, 0.05) is 11.8 Å². The van der Waals surface area contributed by atoms with Crippen molar-refractivity contribution in [2.75, 3.05) is 0 Å². The maximum absolute atomic E-state index is 11.4. The van der Waals surface area contributed by atoms with Crippen LogP contribution in [-0.2, 0) is 9.59 Å². The van der Waals surface area contributed by atoms with Gasteiger partial charge in [-0.1, -0.05) is 26.7 Å². The van der Waals surface area contributed by atoms with Gasteiger partial charge in [-0.25, -0.2) is 5.43 Å². The Bertz CT molecular complexity index is 220. The van der Waals surface area contributed by atoms with E-state index in [2.05, 4.69) is 10.9 Å². The smallest absolute Gasteiger partial charge is 0.265 e. The zero-order chi connectivity index (χ0) is 10.6. The van der Waals surface area contributed by atoms with Gasteiger partial charge in [0.1, 0.15) is 0 Å². The highest BCUT2D eigenvalue weighted by molar-refractivity contribution is 5.83. The molecule has 0 aromatic rings. The molecule has 1 rings (SSSR count). The molecule has 2 amide bonds. The summed E-state index contributed by atoms with van der Waals surface area (Å²) in [6.07, 6.45) is 4.04. The summed E-state index contributed by atoms with van der Waals surface area (Å²) in [5.74, 6) is -0.453. The number of hydrogen-bond donors (Lipinski definition) is 1. The van der Waals surface area contributed by atoms with Crippen molar-refractivity contribution in [3.63, 3.8) is 0 Å². The fourth-order valence-electron chi connectivity index (χ4n) is 1.50. The van der Waals surface area contributed by atoms with E-state index < -0.39 is 0 Å². The summed E-state index contributed by atoms with van der Waals surface area (Å²) in [4.78, 5) is 22.5. The van der Waals surface area contributed by atoms with E-state index in [1.54, 1.807) is 13.8 Å². The van der Waals surface area contributed by atoms with E-state index in [4.69, 9.17) is 0 Å². The highest BCUT2D eigenvalue weighted by atomic mass is 16.2. The van der Waals surface area contributed by atoms with Gasteiger partial charge in [-0.3, -0.25) is 9.59 Å². The predicted octanol–water partition coefficient (Wildman–Crippen LogP) is 0.995. The molecule has 0 heterocycles. The SMILES string of the molecule is CC(C)C(=O)N[N]C(=O)C1CCCC1. The third-order valence-electron chi connectivity index (χ3n) is 2.51. The molecule has 1 aliphatic carbocycles. The van der Waals surface area contributed by atoms with E-state index in [-0.39, 0.29) is 23.7 Å². The molecular weight excluding hydrogens is 180 g/mol. The van der Waals surface area contributed by atoms with Crippen molar-refractivity contribution in [3.8, 4) is 0 Å². The minimum absolute atomic E-state index is 0.0439. The monoisotopic (exact) mass is 197 g/mol. The Kier molecular flexibility index (Phi) is 3.92. The summed E-state index contributed by atoms with van der Waals surface area (Å²) in [5, 5.41) is 0. The van der Waals surface area contributed by atoms with Crippen molar-refractivity contribution >= 4 is 11.8 Å². The van der Waals surface area contributed by atoms with E-state index in [0.29, 0.717) is 0 Å². The predicted molar refractivity (Wildman–Crippen MR) is 52.1 cm³/mol. The summed E-state index contributed by atoms with van der Waals surface area (Å²) < 4.78 is 0. The summed E-state index contributed by atoms with van der Waals surface area (Å²) in [6, 6.07) is 0. The molecule has 1 fully saturated rings. The Morgan fingerprint density at radius 2 is 1.86 bits per heavy atom. The highest BCUT2D eigenvalue weighted by Gasteiger charge is 2.24. The first kappa shape index (κ1) is 11.0. The van der Waals surface area contributed by atoms with Gasteiger partial charge in [0.25, 0.3) is 5.91 Å². The molecule has 0 saturated heterocycles. The van der Waals surface area contributed by atoms with Crippen LogP contribution in [0.5, 0.6) is 0 Å². The van der Waals surface area contributed by atoms with Gasteiger partial charge in [0.05, 0.1) is 0 Å². The second-order valence-electron chi connectivity index (χ2n) is 4.06. The Balaban J connectivity index is 2.23. The van der Waals surface area contributed by atoms with Gasteiger partial charge in [-0.2, -0.15) is 0 Å². The first-order chi connectivity index (χ1) is 6.61. The minimum atomic E-state index is -0.198. The van der Waals surface area contributed by atoms with Crippen LogP contribution in [0.25, 0.3) is 0 Å². The molecule has 1 N–H and O–H groups in total. The molecule has 1 saturated carbocycles. The standard InChI is InChI=1S/C10H17N2O2/c1-7(2)9(13)11-12-10(14)8-5-3-4-6-8/h7-8H,3-6H2,1-2H3,(H,11,13). The number of nitrogens with zero attached hydrogens (tertiary/aromatic N) is 1. The third kappa shape index (κ3) is 3.01. The largest absolute Gasteiger partial charge is 0.273 e.